The molecule has 1 heterocycles. The first kappa shape index (κ1) is 27.9. The molecule has 2 aromatic carbocycles. The fraction of sp³-hybridized carbons (Fsp3) is 0.548. The van der Waals surface area contributed by atoms with Crippen LogP contribution in [-0.4, -0.2) is 54.5 Å². The number of hydrogen-bond donors (Lipinski definition) is 0. The van der Waals surface area contributed by atoms with E-state index in [-0.39, 0.29) is 11.8 Å². The fourth-order valence-corrected chi connectivity index (χ4v) is 4.83. The van der Waals surface area contributed by atoms with Gasteiger partial charge in [-0.2, -0.15) is 0 Å². The maximum absolute atomic E-state index is 13.1. The molecule has 0 aliphatic carbocycles. The van der Waals surface area contributed by atoms with Gasteiger partial charge in [-0.3, -0.25) is 9.59 Å². The van der Waals surface area contributed by atoms with Gasteiger partial charge in [0.2, 0.25) is 5.91 Å². The van der Waals surface area contributed by atoms with Crippen molar-refractivity contribution in [1.82, 2.24) is 9.80 Å². The summed E-state index contributed by atoms with van der Waals surface area (Å²) in [7, 11) is 1.89. The number of ether oxygens (including phenoxy) is 1. The van der Waals surface area contributed by atoms with E-state index < -0.39 is 6.10 Å². The lowest BCUT2D eigenvalue weighted by Gasteiger charge is -2.33. The van der Waals surface area contributed by atoms with Gasteiger partial charge in [0.15, 0.2) is 0 Å². The molecule has 1 aliphatic rings. The van der Waals surface area contributed by atoms with Gasteiger partial charge in [0.1, 0.15) is 6.10 Å². The van der Waals surface area contributed by atoms with Gasteiger partial charge in [-0.1, -0.05) is 69.2 Å². The molecule has 0 aromatic heterocycles. The molecule has 0 radical (unpaired) electrons. The van der Waals surface area contributed by atoms with E-state index in [4.69, 9.17) is 4.74 Å². The van der Waals surface area contributed by atoms with Crippen molar-refractivity contribution < 1.29 is 14.3 Å². The first-order valence-electron chi connectivity index (χ1n) is 13.7. The molecule has 1 aliphatic heterocycles. The normalized spacial score (nSPS) is 15.1. The van der Waals surface area contributed by atoms with Crippen LogP contribution in [0.1, 0.15) is 70.4 Å². The van der Waals surface area contributed by atoms with E-state index in [1.165, 1.54) is 0 Å². The van der Waals surface area contributed by atoms with E-state index in [1.807, 2.05) is 23.8 Å². The molecule has 5 nitrogen and oxygen atoms in total. The predicted octanol–water partition coefficient (Wildman–Crippen LogP) is 6.10. The van der Waals surface area contributed by atoms with Crippen molar-refractivity contribution in [3.05, 3.63) is 59.7 Å². The lowest BCUT2D eigenvalue weighted by molar-refractivity contribution is -0.144. The number of carbonyl (C=O) groups is 2. The van der Waals surface area contributed by atoms with Gasteiger partial charge in [-0.25, -0.2) is 0 Å². The second-order valence-corrected chi connectivity index (χ2v) is 10.3. The van der Waals surface area contributed by atoms with Crippen LogP contribution in [0, 0.1) is 5.92 Å². The van der Waals surface area contributed by atoms with E-state index in [0.717, 1.165) is 67.4 Å². The highest BCUT2D eigenvalue weighted by Crippen LogP contribution is 2.23. The zero-order valence-corrected chi connectivity index (χ0v) is 22.7. The maximum atomic E-state index is 13.1. The van der Waals surface area contributed by atoms with E-state index >= 15 is 0 Å². The SMILES string of the molecule is CCCCCC(=O)N(C)Cc1cccc(-c2ccc(CC(OCC)C(=O)N3CCC(C)CC3)cc2)c1. The predicted molar refractivity (Wildman–Crippen MR) is 147 cm³/mol. The summed E-state index contributed by atoms with van der Waals surface area (Å²) in [4.78, 5) is 29.3. The largest absolute Gasteiger partial charge is 0.368 e. The minimum absolute atomic E-state index is 0.119. The second-order valence-electron chi connectivity index (χ2n) is 10.3. The number of benzene rings is 2. The molecule has 0 spiro atoms. The Balaban J connectivity index is 1.62. The zero-order chi connectivity index (χ0) is 25.9. The van der Waals surface area contributed by atoms with E-state index in [2.05, 4.69) is 62.4 Å². The summed E-state index contributed by atoms with van der Waals surface area (Å²) in [6.07, 6.45) is 6.10. The Hall–Kier alpha value is -2.66. The van der Waals surface area contributed by atoms with Crippen molar-refractivity contribution in [2.24, 2.45) is 5.92 Å². The number of unbranched alkanes of at least 4 members (excludes halogenated alkanes) is 2. The summed E-state index contributed by atoms with van der Waals surface area (Å²) in [6.45, 7) is 9.16. The van der Waals surface area contributed by atoms with E-state index in [0.29, 0.717) is 31.9 Å². The molecule has 1 atom stereocenters. The minimum Gasteiger partial charge on any atom is -0.368 e. The van der Waals surface area contributed by atoms with Gasteiger partial charge in [-0.05, 0) is 60.4 Å². The van der Waals surface area contributed by atoms with Crippen molar-refractivity contribution in [2.45, 2.75) is 78.4 Å². The Bertz CT molecular complexity index is 964. The number of likely N-dealkylation sites (tertiary alicyclic amines) is 1. The summed E-state index contributed by atoms with van der Waals surface area (Å²) < 4.78 is 5.88. The molecule has 2 aromatic rings. The van der Waals surface area contributed by atoms with Crippen LogP contribution in [0.15, 0.2) is 48.5 Å². The lowest BCUT2D eigenvalue weighted by Crippen LogP contribution is -2.45. The van der Waals surface area contributed by atoms with Crippen LogP contribution < -0.4 is 0 Å². The average molecular weight is 493 g/mol. The molecule has 2 amide bonds. The Labute approximate surface area is 217 Å². The molecular formula is C31H44N2O3. The van der Waals surface area contributed by atoms with Crippen LogP contribution in [0.25, 0.3) is 11.1 Å². The summed E-state index contributed by atoms with van der Waals surface area (Å²) >= 11 is 0. The van der Waals surface area contributed by atoms with Crippen LogP contribution in [0.4, 0.5) is 0 Å². The Morgan fingerprint density at radius 2 is 1.72 bits per heavy atom. The van der Waals surface area contributed by atoms with Crippen molar-refractivity contribution >= 4 is 11.8 Å². The Morgan fingerprint density at radius 3 is 2.39 bits per heavy atom. The third kappa shape index (κ3) is 8.19. The number of piperidine rings is 1. The van der Waals surface area contributed by atoms with Crippen LogP contribution in [0.5, 0.6) is 0 Å². The van der Waals surface area contributed by atoms with Crippen LogP contribution in [0.3, 0.4) is 0 Å². The van der Waals surface area contributed by atoms with Gasteiger partial charge < -0.3 is 14.5 Å². The van der Waals surface area contributed by atoms with Crippen molar-refractivity contribution in [3.8, 4) is 11.1 Å². The molecule has 1 saturated heterocycles. The van der Waals surface area contributed by atoms with E-state index in [1.54, 1.807) is 0 Å². The summed E-state index contributed by atoms with van der Waals surface area (Å²) in [5, 5.41) is 0. The molecule has 0 bridgehead atoms. The summed E-state index contributed by atoms with van der Waals surface area (Å²) in [6, 6.07) is 16.8. The summed E-state index contributed by atoms with van der Waals surface area (Å²) in [5.41, 5.74) is 4.48. The molecule has 0 N–H and O–H groups in total. The van der Waals surface area contributed by atoms with Crippen molar-refractivity contribution in [3.63, 3.8) is 0 Å². The minimum atomic E-state index is -0.428. The summed E-state index contributed by atoms with van der Waals surface area (Å²) in [5.74, 6) is 1.02. The number of nitrogens with zero attached hydrogens (tertiary/aromatic N) is 2. The first-order chi connectivity index (χ1) is 17.4. The van der Waals surface area contributed by atoms with Gasteiger partial charge in [0.25, 0.3) is 5.91 Å². The fourth-order valence-electron chi connectivity index (χ4n) is 4.83. The smallest absolute Gasteiger partial charge is 0.252 e. The number of hydrogen-bond acceptors (Lipinski definition) is 3. The Morgan fingerprint density at radius 1 is 1.00 bits per heavy atom. The molecule has 1 fully saturated rings. The molecule has 0 saturated carbocycles. The molecule has 196 valence electrons. The quantitative estimate of drug-likeness (QED) is 0.337. The molecule has 1 unspecified atom stereocenters. The van der Waals surface area contributed by atoms with E-state index in [9.17, 15) is 9.59 Å². The highest BCUT2D eigenvalue weighted by atomic mass is 16.5. The van der Waals surface area contributed by atoms with Gasteiger partial charge in [-0.15, -0.1) is 0 Å². The molecule has 3 rings (SSSR count). The van der Waals surface area contributed by atoms with Gasteiger partial charge >= 0.3 is 0 Å². The van der Waals surface area contributed by atoms with Crippen molar-refractivity contribution in [2.75, 3.05) is 26.7 Å². The van der Waals surface area contributed by atoms with Crippen LogP contribution in [0.2, 0.25) is 0 Å². The number of carbonyl (C=O) groups excluding carboxylic acids is 2. The molecule has 36 heavy (non-hydrogen) atoms. The van der Waals surface area contributed by atoms with Crippen LogP contribution >= 0.6 is 0 Å². The Kier molecular flexibility index (Phi) is 11.0. The lowest BCUT2D eigenvalue weighted by atomic mass is 9.97. The zero-order valence-electron chi connectivity index (χ0n) is 22.7. The topological polar surface area (TPSA) is 49.9 Å². The average Bonchev–Trinajstić information content (AvgIpc) is 2.89. The molecular weight excluding hydrogens is 448 g/mol. The van der Waals surface area contributed by atoms with Gasteiger partial charge in [0, 0.05) is 46.1 Å². The highest BCUT2D eigenvalue weighted by molar-refractivity contribution is 5.81. The monoisotopic (exact) mass is 492 g/mol. The maximum Gasteiger partial charge on any atom is 0.252 e. The third-order valence-electron chi connectivity index (χ3n) is 7.21. The second kappa shape index (κ2) is 14.2. The van der Waals surface area contributed by atoms with Crippen molar-refractivity contribution in [1.29, 1.82) is 0 Å². The highest BCUT2D eigenvalue weighted by Gasteiger charge is 2.27. The van der Waals surface area contributed by atoms with Gasteiger partial charge in [0.05, 0.1) is 0 Å². The standard InChI is InChI=1S/C31H44N2O3/c1-5-7-8-12-30(34)32(4)23-26-10-9-11-28(21-26)27-15-13-25(14-16-27)22-29(36-6-2)31(35)33-19-17-24(3)18-20-33/h9-11,13-16,21,24,29H,5-8,12,17-20,22-23H2,1-4H3. The van der Waals surface area contributed by atoms with Crippen LogP contribution in [-0.2, 0) is 27.3 Å². The molecule has 5 heteroatoms. The number of rotatable bonds is 12. The number of amides is 2. The third-order valence-corrected chi connectivity index (χ3v) is 7.21. The first-order valence-corrected chi connectivity index (χ1v) is 13.7.